The molecule has 20 heavy (non-hydrogen) atoms. The number of nitrogens with one attached hydrogen (secondary N) is 1. The van der Waals surface area contributed by atoms with Gasteiger partial charge in [0.25, 0.3) is 0 Å². The Morgan fingerprint density at radius 3 is 2.95 bits per heavy atom. The second kappa shape index (κ2) is 5.95. The lowest BCUT2D eigenvalue weighted by Gasteiger charge is -2.27. The molecule has 1 saturated heterocycles. The SMILES string of the molecule is C[C@H]1CC[C@H](n2cnc(CC3OCCNC3=O)c2)CC1. The minimum absolute atomic E-state index is 0.0164. The first kappa shape index (κ1) is 13.6. The van der Waals surface area contributed by atoms with Crippen molar-refractivity contribution in [3.63, 3.8) is 0 Å². The van der Waals surface area contributed by atoms with E-state index in [1.807, 2.05) is 6.33 Å². The van der Waals surface area contributed by atoms with Crippen LogP contribution in [0.2, 0.25) is 0 Å². The van der Waals surface area contributed by atoms with Crippen molar-refractivity contribution in [3.05, 3.63) is 18.2 Å². The zero-order valence-corrected chi connectivity index (χ0v) is 12.0. The summed E-state index contributed by atoms with van der Waals surface area (Å²) in [4.78, 5) is 16.1. The summed E-state index contributed by atoms with van der Waals surface area (Å²) in [6.07, 6.45) is 9.26. The van der Waals surface area contributed by atoms with Crippen molar-refractivity contribution in [2.45, 2.75) is 51.2 Å². The van der Waals surface area contributed by atoms with Crippen LogP contribution in [0.4, 0.5) is 0 Å². The van der Waals surface area contributed by atoms with Gasteiger partial charge in [-0.25, -0.2) is 4.98 Å². The lowest BCUT2D eigenvalue weighted by Crippen LogP contribution is -2.45. The molecule has 0 spiro atoms. The van der Waals surface area contributed by atoms with Gasteiger partial charge in [0.1, 0.15) is 6.10 Å². The third-order valence-electron chi connectivity index (χ3n) is 4.47. The van der Waals surface area contributed by atoms with E-state index in [9.17, 15) is 4.79 Å². The van der Waals surface area contributed by atoms with Gasteiger partial charge in [-0.2, -0.15) is 0 Å². The number of imidazole rings is 1. The molecule has 1 aliphatic carbocycles. The van der Waals surface area contributed by atoms with E-state index in [1.54, 1.807) is 0 Å². The zero-order chi connectivity index (χ0) is 13.9. The number of ether oxygens (including phenoxy) is 1. The Kier molecular flexibility index (Phi) is 4.05. The number of hydrogen-bond donors (Lipinski definition) is 1. The van der Waals surface area contributed by atoms with Crippen molar-refractivity contribution in [1.29, 1.82) is 0 Å². The summed E-state index contributed by atoms with van der Waals surface area (Å²) in [6, 6.07) is 0.577. The number of rotatable bonds is 3. The summed E-state index contributed by atoms with van der Waals surface area (Å²) in [6.45, 7) is 3.54. The normalized spacial score (nSPS) is 31.1. The molecule has 0 radical (unpaired) electrons. The monoisotopic (exact) mass is 277 g/mol. The van der Waals surface area contributed by atoms with Gasteiger partial charge in [0, 0.05) is 25.2 Å². The number of morpholine rings is 1. The maximum Gasteiger partial charge on any atom is 0.249 e. The molecule has 2 fully saturated rings. The molecule has 2 aliphatic rings. The summed E-state index contributed by atoms with van der Waals surface area (Å²) in [5.41, 5.74) is 0.950. The summed E-state index contributed by atoms with van der Waals surface area (Å²) in [5.74, 6) is 0.839. The van der Waals surface area contributed by atoms with Crippen molar-refractivity contribution >= 4 is 5.91 Å². The van der Waals surface area contributed by atoms with E-state index < -0.39 is 0 Å². The van der Waals surface area contributed by atoms with Crippen LogP contribution in [0.1, 0.15) is 44.3 Å². The smallest absolute Gasteiger partial charge is 0.249 e. The molecular weight excluding hydrogens is 254 g/mol. The fourth-order valence-electron chi connectivity index (χ4n) is 3.13. The first-order valence-corrected chi connectivity index (χ1v) is 7.64. The Hall–Kier alpha value is -1.36. The maximum absolute atomic E-state index is 11.7. The van der Waals surface area contributed by atoms with Gasteiger partial charge in [-0.05, 0) is 31.6 Å². The molecule has 0 aromatic carbocycles. The number of carbonyl (C=O) groups is 1. The summed E-state index contributed by atoms with van der Waals surface area (Å²) in [5, 5.41) is 2.83. The number of carbonyl (C=O) groups excluding carboxylic acids is 1. The zero-order valence-electron chi connectivity index (χ0n) is 12.0. The Morgan fingerprint density at radius 1 is 1.40 bits per heavy atom. The second-order valence-electron chi connectivity index (χ2n) is 6.08. The van der Waals surface area contributed by atoms with E-state index in [2.05, 4.69) is 28.0 Å². The molecule has 1 saturated carbocycles. The fraction of sp³-hybridized carbons (Fsp3) is 0.733. The molecule has 2 heterocycles. The van der Waals surface area contributed by atoms with Gasteiger partial charge in [-0.15, -0.1) is 0 Å². The van der Waals surface area contributed by atoms with Gasteiger partial charge in [0.15, 0.2) is 0 Å². The topological polar surface area (TPSA) is 56.1 Å². The van der Waals surface area contributed by atoms with Gasteiger partial charge < -0.3 is 14.6 Å². The van der Waals surface area contributed by atoms with Crippen molar-refractivity contribution in [1.82, 2.24) is 14.9 Å². The van der Waals surface area contributed by atoms with Crippen LogP contribution in [0.25, 0.3) is 0 Å². The first-order valence-electron chi connectivity index (χ1n) is 7.64. The van der Waals surface area contributed by atoms with Gasteiger partial charge >= 0.3 is 0 Å². The van der Waals surface area contributed by atoms with Gasteiger partial charge in [-0.1, -0.05) is 6.92 Å². The summed E-state index contributed by atoms with van der Waals surface area (Å²) < 4.78 is 7.73. The average Bonchev–Trinajstić information content (AvgIpc) is 2.91. The van der Waals surface area contributed by atoms with E-state index in [0.29, 0.717) is 25.6 Å². The number of nitrogens with zero attached hydrogens (tertiary/aromatic N) is 2. The molecule has 1 aromatic rings. The molecule has 1 atom stereocenters. The highest BCUT2D eigenvalue weighted by Gasteiger charge is 2.25. The minimum Gasteiger partial charge on any atom is -0.366 e. The van der Waals surface area contributed by atoms with Crippen molar-refractivity contribution in [2.75, 3.05) is 13.2 Å². The van der Waals surface area contributed by atoms with Crippen LogP contribution in [0.3, 0.4) is 0 Å². The molecule has 1 aromatic heterocycles. The van der Waals surface area contributed by atoms with Gasteiger partial charge in [0.05, 0.1) is 18.6 Å². The van der Waals surface area contributed by atoms with Crippen LogP contribution in [-0.4, -0.2) is 34.7 Å². The van der Waals surface area contributed by atoms with Crippen molar-refractivity contribution < 1.29 is 9.53 Å². The highest BCUT2D eigenvalue weighted by atomic mass is 16.5. The Balaban J connectivity index is 1.60. The standard InChI is InChI=1S/C15H23N3O2/c1-11-2-4-13(5-3-11)18-9-12(17-10-18)8-14-15(19)16-6-7-20-14/h9-11,13-14H,2-8H2,1H3,(H,16,19)/t11-,13-,14?. The quantitative estimate of drug-likeness (QED) is 0.914. The molecule has 1 amide bonds. The maximum atomic E-state index is 11.7. The molecule has 5 nitrogen and oxygen atoms in total. The van der Waals surface area contributed by atoms with E-state index in [4.69, 9.17) is 4.74 Å². The highest BCUT2D eigenvalue weighted by molar-refractivity contribution is 5.81. The van der Waals surface area contributed by atoms with Gasteiger partial charge in [-0.3, -0.25) is 4.79 Å². The fourth-order valence-corrected chi connectivity index (χ4v) is 3.13. The number of hydrogen-bond acceptors (Lipinski definition) is 3. The average molecular weight is 277 g/mol. The van der Waals surface area contributed by atoms with Crippen LogP contribution in [0.15, 0.2) is 12.5 Å². The summed E-state index contributed by atoms with van der Waals surface area (Å²) in [7, 11) is 0. The molecule has 5 heteroatoms. The van der Waals surface area contributed by atoms with Crippen LogP contribution in [-0.2, 0) is 16.0 Å². The second-order valence-corrected chi connectivity index (χ2v) is 6.08. The third-order valence-corrected chi connectivity index (χ3v) is 4.47. The predicted molar refractivity (Wildman–Crippen MR) is 75.3 cm³/mol. The van der Waals surface area contributed by atoms with E-state index in [-0.39, 0.29) is 12.0 Å². The molecule has 1 N–H and O–H groups in total. The van der Waals surface area contributed by atoms with E-state index in [0.717, 1.165) is 11.6 Å². The lowest BCUT2D eigenvalue weighted by molar-refractivity contribution is -0.137. The van der Waals surface area contributed by atoms with E-state index >= 15 is 0 Å². The van der Waals surface area contributed by atoms with Crippen LogP contribution in [0.5, 0.6) is 0 Å². The van der Waals surface area contributed by atoms with E-state index in [1.165, 1.54) is 25.7 Å². The van der Waals surface area contributed by atoms with Crippen LogP contribution < -0.4 is 5.32 Å². The third kappa shape index (κ3) is 3.03. The molecule has 110 valence electrons. The minimum atomic E-state index is -0.376. The first-order chi connectivity index (χ1) is 9.72. The Labute approximate surface area is 119 Å². The molecular formula is C15H23N3O2. The molecule has 3 rings (SSSR count). The summed E-state index contributed by atoms with van der Waals surface area (Å²) >= 11 is 0. The van der Waals surface area contributed by atoms with Crippen molar-refractivity contribution in [3.8, 4) is 0 Å². The largest absolute Gasteiger partial charge is 0.366 e. The number of amides is 1. The molecule has 1 aliphatic heterocycles. The predicted octanol–water partition coefficient (Wildman–Crippen LogP) is 1.69. The lowest BCUT2D eigenvalue weighted by atomic mass is 9.87. The van der Waals surface area contributed by atoms with Gasteiger partial charge in [0.2, 0.25) is 5.91 Å². The molecule has 1 unspecified atom stereocenters. The van der Waals surface area contributed by atoms with Crippen LogP contribution >= 0.6 is 0 Å². The Bertz CT molecular complexity index is 463. The van der Waals surface area contributed by atoms with Crippen LogP contribution in [0, 0.1) is 5.92 Å². The Morgan fingerprint density at radius 2 is 2.20 bits per heavy atom. The van der Waals surface area contributed by atoms with Crippen molar-refractivity contribution in [2.24, 2.45) is 5.92 Å². The number of aromatic nitrogens is 2. The molecule has 0 bridgehead atoms. The highest BCUT2D eigenvalue weighted by Crippen LogP contribution is 2.31.